The normalized spacial score (nSPS) is 16.4. The number of hydrogen-bond acceptors (Lipinski definition) is 6. The summed E-state index contributed by atoms with van der Waals surface area (Å²) in [7, 11) is 3.39. The SMILES string of the molecule is CNC(=O)c1sc(N2CCC(OC)CC2)c(SC)c1N. The van der Waals surface area contributed by atoms with E-state index in [1.807, 2.05) is 6.26 Å². The summed E-state index contributed by atoms with van der Waals surface area (Å²) in [6.45, 7) is 1.89. The maximum absolute atomic E-state index is 11.9. The van der Waals surface area contributed by atoms with Gasteiger partial charge in [0.05, 0.1) is 16.7 Å². The van der Waals surface area contributed by atoms with E-state index in [2.05, 4.69) is 10.2 Å². The van der Waals surface area contributed by atoms with Crippen molar-refractivity contribution in [2.75, 3.05) is 44.1 Å². The van der Waals surface area contributed by atoms with Crippen LogP contribution in [0.3, 0.4) is 0 Å². The van der Waals surface area contributed by atoms with Gasteiger partial charge in [-0.3, -0.25) is 4.79 Å². The molecule has 2 heterocycles. The molecule has 7 heteroatoms. The van der Waals surface area contributed by atoms with Crippen LogP contribution in [0.15, 0.2) is 4.90 Å². The molecule has 0 bridgehead atoms. The molecular formula is C13H21N3O2S2. The Labute approximate surface area is 127 Å². The number of thioether (sulfide) groups is 1. The van der Waals surface area contributed by atoms with Crippen LogP contribution in [0, 0.1) is 0 Å². The molecule has 0 aromatic carbocycles. The molecule has 2 rings (SSSR count). The minimum atomic E-state index is -0.110. The zero-order valence-corrected chi connectivity index (χ0v) is 13.7. The monoisotopic (exact) mass is 315 g/mol. The first kappa shape index (κ1) is 15.5. The fourth-order valence-corrected chi connectivity index (χ4v) is 4.58. The van der Waals surface area contributed by atoms with E-state index < -0.39 is 0 Å². The fourth-order valence-electron chi connectivity index (χ4n) is 2.40. The summed E-state index contributed by atoms with van der Waals surface area (Å²) >= 11 is 3.09. The molecule has 112 valence electrons. The number of ether oxygens (including phenoxy) is 1. The third-order valence-corrected chi connectivity index (χ3v) is 5.80. The van der Waals surface area contributed by atoms with Gasteiger partial charge in [-0.25, -0.2) is 0 Å². The molecule has 1 aliphatic rings. The maximum Gasteiger partial charge on any atom is 0.263 e. The first-order valence-corrected chi connectivity index (χ1v) is 8.62. The van der Waals surface area contributed by atoms with Gasteiger partial charge in [-0.1, -0.05) is 0 Å². The topological polar surface area (TPSA) is 67.6 Å². The first-order valence-electron chi connectivity index (χ1n) is 6.58. The average Bonchev–Trinajstić information content (AvgIpc) is 2.83. The third kappa shape index (κ3) is 2.89. The summed E-state index contributed by atoms with van der Waals surface area (Å²) in [5.74, 6) is -0.110. The van der Waals surface area contributed by atoms with Gasteiger partial charge < -0.3 is 20.7 Å². The van der Waals surface area contributed by atoms with Crippen LogP contribution in [0.1, 0.15) is 22.5 Å². The predicted molar refractivity (Wildman–Crippen MR) is 86.1 cm³/mol. The zero-order valence-electron chi connectivity index (χ0n) is 12.1. The number of methoxy groups -OCH3 is 1. The summed E-state index contributed by atoms with van der Waals surface area (Å²) in [6.07, 6.45) is 4.37. The molecule has 0 saturated carbocycles. The molecule has 0 atom stereocenters. The Morgan fingerprint density at radius 2 is 2.15 bits per heavy atom. The van der Waals surface area contributed by atoms with E-state index in [0.29, 0.717) is 16.7 Å². The quantitative estimate of drug-likeness (QED) is 0.832. The smallest absolute Gasteiger partial charge is 0.263 e. The van der Waals surface area contributed by atoms with E-state index >= 15 is 0 Å². The van der Waals surface area contributed by atoms with Crippen molar-refractivity contribution in [3.05, 3.63) is 4.88 Å². The Morgan fingerprint density at radius 3 is 2.65 bits per heavy atom. The Bertz CT molecular complexity index is 482. The number of carbonyl (C=O) groups excluding carboxylic acids is 1. The summed E-state index contributed by atoms with van der Waals surface area (Å²) in [5, 5.41) is 3.76. The van der Waals surface area contributed by atoms with E-state index in [-0.39, 0.29) is 5.91 Å². The molecule has 3 N–H and O–H groups in total. The average molecular weight is 315 g/mol. The highest BCUT2D eigenvalue weighted by Gasteiger charge is 2.26. The lowest BCUT2D eigenvalue weighted by Gasteiger charge is -2.32. The lowest BCUT2D eigenvalue weighted by molar-refractivity contribution is 0.0819. The molecule has 20 heavy (non-hydrogen) atoms. The van der Waals surface area contributed by atoms with Gasteiger partial charge in [0.25, 0.3) is 5.91 Å². The van der Waals surface area contributed by atoms with Crippen LogP contribution in [0.25, 0.3) is 0 Å². The molecular weight excluding hydrogens is 294 g/mol. The van der Waals surface area contributed by atoms with Gasteiger partial charge in [-0.15, -0.1) is 23.1 Å². The van der Waals surface area contributed by atoms with Gasteiger partial charge in [-0.05, 0) is 19.1 Å². The summed E-state index contributed by atoms with van der Waals surface area (Å²) in [5.41, 5.74) is 6.73. The number of nitrogens with zero attached hydrogens (tertiary/aromatic N) is 1. The van der Waals surface area contributed by atoms with Crippen molar-refractivity contribution < 1.29 is 9.53 Å². The van der Waals surface area contributed by atoms with Crippen LogP contribution in [0.2, 0.25) is 0 Å². The van der Waals surface area contributed by atoms with Gasteiger partial charge in [0, 0.05) is 27.2 Å². The predicted octanol–water partition coefficient (Wildman–Crippen LogP) is 2.03. The highest BCUT2D eigenvalue weighted by Crippen LogP contribution is 2.44. The second kappa shape index (κ2) is 6.69. The molecule has 0 spiro atoms. The first-order chi connectivity index (χ1) is 9.62. The molecule has 5 nitrogen and oxygen atoms in total. The van der Waals surface area contributed by atoms with Gasteiger partial charge >= 0.3 is 0 Å². The largest absolute Gasteiger partial charge is 0.396 e. The number of hydrogen-bond donors (Lipinski definition) is 2. The maximum atomic E-state index is 11.9. The molecule has 1 aromatic rings. The number of nitrogen functional groups attached to an aromatic ring is 1. The number of thiophene rings is 1. The van der Waals surface area contributed by atoms with Crippen LogP contribution < -0.4 is 16.0 Å². The molecule has 0 radical (unpaired) electrons. The minimum absolute atomic E-state index is 0.110. The number of anilines is 2. The van der Waals surface area contributed by atoms with Crippen LogP contribution in [-0.4, -0.2) is 45.5 Å². The molecule has 1 fully saturated rings. The van der Waals surface area contributed by atoms with Crippen molar-refractivity contribution in [1.82, 2.24) is 5.32 Å². The highest BCUT2D eigenvalue weighted by atomic mass is 32.2. The van der Waals surface area contributed by atoms with Gasteiger partial charge in [-0.2, -0.15) is 0 Å². The molecule has 0 aliphatic carbocycles. The Hall–Kier alpha value is -0.920. The summed E-state index contributed by atoms with van der Waals surface area (Å²) < 4.78 is 5.40. The van der Waals surface area contributed by atoms with Crippen LogP contribution in [0.5, 0.6) is 0 Å². The second-order valence-electron chi connectivity index (χ2n) is 4.68. The molecule has 1 aliphatic heterocycles. The Morgan fingerprint density at radius 1 is 1.50 bits per heavy atom. The van der Waals surface area contributed by atoms with E-state index in [0.717, 1.165) is 35.8 Å². The van der Waals surface area contributed by atoms with Crippen molar-refractivity contribution in [2.24, 2.45) is 0 Å². The molecule has 1 amide bonds. The summed E-state index contributed by atoms with van der Waals surface area (Å²) in [6, 6.07) is 0. The number of carbonyl (C=O) groups is 1. The molecule has 1 saturated heterocycles. The number of nitrogens with one attached hydrogen (secondary N) is 1. The van der Waals surface area contributed by atoms with Crippen molar-refractivity contribution in [3.63, 3.8) is 0 Å². The van der Waals surface area contributed by atoms with Crippen molar-refractivity contribution in [3.8, 4) is 0 Å². The van der Waals surface area contributed by atoms with Crippen LogP contribution in [-0.2, 0) is 4.74 Å². The molecule has 0 unspecified atom stereocenters. The van der Waals surface area contributed by atoms with Crippen molar-refractivity contribution in [2.45, 2.75) is 23.8 Å². The lowest BCUT2D eigenvalue weighted by atomic mass is 10.1. The van der Waals surface area contributed by atoms with Gasteiger partial charge in [0.1, 0.15) is 9.88 Å². The van der Waals surface area contributed by atoms with E-state index in [1.54, 1.807) is 25.9 Å². The summed E-state index contributed by atoms with van der Waals surface area (Å²) in [4.78, 5) is 15.8. The van der Waals surface area contributed by atoms with E-state index in [4.69, 9.17) is 10.5 Å². The fraction of sp³-hybridized carbons (Fsp3) is 0.615. The number of nitrogens with two attached hydrogens (primary N) is 1. The van der Waals surface area contributed by atoms with Crippen molar-refractivity contribution in [1.29, 1.82) is 0 Å². The van der Waals surface area contributed by atoms with Crippen LogP contribution >= 0.6 is 23.1 Å². The molecule has 1 aromatic heterocycles. The Balaban J connectivity index is 2.25. The number of amides is 1. The minimum Gasteiger partial charge on any atom is -0.396 e. The van der Waals surface area contributed by atoms with Crippen molar-refractivity contribution >= 4 is 39.7 Å². The van der Waals surface area contributed by atoms with E-state index in [1.165, 1.54) is 11.3 Å². The van der Waals surface area contributed by atoms with Gasteiger partial charge in [0.2, 0.25) is 0 Å². The Kier molecular flexibility index (Phi) is 5.17. The standard InChI is InChI=1S/C13H21N3O2S2/c1-15-12(17)10-9(14)11(19-3)13(20-10)16-6-4-8(18-2)5-7-16/h8H,4-7,14H2,1-3H3,(H,15,17). The highest BCUT2D eigenvalue weighted by molar-refractivity contribution is 7.99. The zero-order chi connectivity index (χ0) is 14.7. The van der Waals surface area contributed by atoms with E-state index in [9.17, 15) is 4.79 Å². The second-order valence-corrected chi connectivity index (χ2v) is 6.50. The van der Waals surface area contributed by atoms with Gasteiger partial charge in [0.15, 0.2) is 0 Å². The lowest BCUT2D eigenvalue weighted by Crippen LogP contribution is -2.36. The third-order valence-electron chi connectivity index (χ3n) is 3.58. The van der Waals surface area contributed by atoms with Crippen LogP contribution in [0.4, 0.5) is 10.7 Å². The number of piperidine rings is 1. The number of rotatable bonds is 4.